The first-order valence-electron chi connectivity index (χ1n) is 7.95. The normalized spacial score (nSPS) is 15.1. The molecule has 128 valence electrons. The number of hydrogen-bond donors (Lipinski definition) is 3. The molecular weight excluding hydrogens is 315 g/mol. The quantitative estimate of drug-likeness (QED) is 0.479. The summed E-state index contributed by atoms with van der Waals surface area (Å²) in [5.74, 6) is 0. The van der Waals surface area contributed by atoms with Gasteiger partial charge in [-0.2, -0.15) is 9.59 Å². The Hall–Kier alpha value is -1.02. The molecule has 0 radical (unpaired) electrons. The van der Waals surface area contributed by atoms with Crippen LogP contribution in [0.4, 0.5) is 0 Å². The van der Waals surface area contributed by atoms with Crippen molar-refractivity contribution in [2.24, 2.45) is 5.73 Å². The first-order chi connectivity index (χ1) is 11.1. The second-order valence-electron chi connectivity index (χ2n) is 5.79. The molecule has 0 amide bonds. The third-order valence-electron chi connectivity index (χ3n) is 3.99. The molecule has 23 heavy (non-hydrogen) atoms. The molecule has 4 N–H and O–H groups in total. The molecule has 1 aromatic rings. The van der Waals surface area contributed by atoms with E-state index in [1.54, 1.807) is 4.88 Å². The highest BCUT2D eigenvalue weighted by Crippen LogP contribution is 2.24. The fourth-order valence-electron chi connectivity index (χ4n) is 2.72. The maximum absolute atomic E-state index is 8.77. The Morgan fingerprint density at radius 3 is 2.78 bits per heavy atom. The summed E-state index contributed by atoms with van der Waals surface area (Å²) in [7, 11) is -1.17. The summed E-state index contributed by atoms with van der Waals surface area (Å²) in [6, 6.07) is 2.47. The van der Waals surface area contributed by atoms with E-state index in [0.717, 1.165) is 45.3 Å². The molecule has 1 unspecified atom stereocenters. The zero-order chi connectivity index (χ0) is 17.1. The highest BCUT2D eigenvalue weighted by atomic mass is 32.1. The van der Waals surface area contributed by atoms with Crippen LogP contribution in [-0.4, -0.2) is 47.3 Å². The lowest BCUT2D eigenvalue weighted by Gasteiger charge is -2.27. The van der Waals surface area contributed by atoms with E-state index in [1.165, 1.54) is 12.0 Å². The van der Waals surface area contributed by atoms with Crippen molar-refractivity contribution in [3.8, 4) is 0 Å². The molecule has 6 nitrogen and oxygen atoms in total. The van der Waals surface area contributed by atoms with Gasteiger partial charge >= 0.3 is 13.3 Å². The fourth-order valence-corrected chi connectivity index (χ4v) is 3.61. The SMILES string of the molecule is NC(CCCCB(O)O)CCN1CCc2sccc2C1.O=C=O. The largest absolute Gasteiger partial charge is 0.451 e. The van der Waals surface area contributed by atoms with Crippen LogP contribution in [0.3, 0.4) is 0 Å². The lowest BCUT2D eigenvalue weighted by atomic mass is 9.83. The first-order valence-corrected chi connectivity index (χ1v) is 8.83. The molecule has 1 atom stereocenters. The van der Waals surface area contributed by atoms with Crippen LogP contribution in [0.25, 0.3) is 0 Å². The summed E-state index contributed by atoms with van der Waals surface area (Å²) in [5, 5.41) is 19.7. The van der Waals surface area contributed by atoms with Gasteiger partial charge in [0.1, 0.15) is 0 Å². The highest BCUT2D eigenvalue weighted by Gasteiger charge is 2.17. The second kappa shape index (κ2) is 11.5. The Balaban J connectivity index is 0.000000816. The molecule has 1 aliphatic heterocycles. The molecule has 8 heteroatoms. The van der Waals surface area contributed by atoms with Gasteiger partial charge in [-0.15, -0.1) is 11.3 Å². The van der Waals surface area contributed by atoms with Crippen LogP contribution in [0.1, 0.15) is 36.1 Å². The number of hydrogen-bond acceptors (Lipinski definition) is 7. The molecule has 1 aliphatic rings. The maximum atomic E-state index is 8.77. The molecule has 1 aromatic heterocycles. The monoisotopic (exact) mass is 340 g/mol. The van der Waals surface area contributed by atoms with Crippen LogP contribution in [-0.2, 0) is 22.6 Å². The van der Waals surface area contributed by atoms with Gasteiger partial charge in [-0.3, -0.25) is 4.90 Å². The van der Waals surface area contributed by atoms with Crippen LogP contribution < -0.4 is 5.73 Å². The predicted octanol–water partition coefficient (Wildman–Crippen LogP) is 0.883. The zero-order valence-corrected chi connectivity index (χ0v) is 14.1. The van der Waals surface area contributed by atoms with E-state index in [2.05, 4.69) is 16.3 Å². The van der Waals surface area contributed by atoms with Gasteiger partial charge in [0.2, 0.25) is 0 Å². The van der Waals surface area contributed by atoms with Crippen LogP contribution in [0.15, 0.2) is 11.4 Å². The Kier molecular flexibility index (Phi) is 10.0. The average Bonchev–Trinajstić information content (AvgIpc) is 2.97. The van der Waals surface area contributed by atoms with Crippen molar-refractivity contribution < 1.29 is 19.6 Å². The summed E-state index contributed by atoms with van der Waals surface area (Å²) in [5.41, 5.74) is 7.63. The molecule has 0 aliphatic carbocycles. The first kappa shape index (κ1) is 20.0. The molecule has 0 saturated carbocycles. The summed E-state index contributed by atoms with van der Waals surface area (Å²) in [6.07, 6.45) is 5.71. The van der Waals surface area contributed by atoms with Crippen LogP contribution in [0, 0.1) is 0 Å². The van der Waals surface area contributed by atoms with Crippen LogP contribution in [0.5, 0.6) is 0 Å². The van der Waals surface area contributed by atoms with Gasteiger partial charge in [-0.05, 0) is 49.1 Å². The molecule has 0 saturated heterocycles. The molecule has 0 spiro atoms. The third-order valence-corrected chi connectivity index (χ3v) is 5.01. The van der Waals surface area contributed by atoms with Crippen molar-refractivity contribution in [2.45, 2.75) is 51.0 Å². The van der Waals surface area contributed by atoms with E-state index in [1.807, 2.05) is 11.3 Å². The number of nitrogens with two attached hydrogens (primary N) is 1. The summed E-state index contributed by atoms with van der Waals surface area (Å²) < 4.78 is 0. The average molecular weight is 340 g/mol. The minimum absolute atomic E-state index is 0.231. The van der Waals surface area contributed by atoms with Crippen molar-refractivity contribution in [2.75, 3.05) is 13.1 Å². The molecular formula is C15H25BN2O4S. The van der Waals surface area contributed by atoms with E-state index in [-0.39, 0.29) is 12.2 Å². The van der Waals surface area contributed by atoms with Crippen molar-refractivity contribution in [3.05, 3.63) is 21.9 Å². The fraction of sp³-hybridized carbons (Fsp3) is 0.667. The number of nitrogens with zero attached hydrogens (tertiary/aromatic N) is 1. The lowest BCUT2D eigenvalue weighted by molar-refractivity contribution is -0.191. The number of thiophene rings is 1. The second-order valence-corrected chi connectivity index (χ2v) is 6.79. The Morgan fingerprint density at radius 2 is 2.09 bits per heavy atom. The standard InChI is InChI=1S/C14H25BN2O2S.CO2/c16-13(3-1-2-7-15(18)19)4-8-17-9-5-14-12(11-17)6-10-20-14;2-1-3/h6,10,13,18-19H,1-5,7-9,11,16H2;. The predicted molar refractivity (Wildman–Crippen MR) is 89.7 cm³/mol. The van der Waals surface area contributed by atoms with Gasteiger partial charge in [-0.25, -0.2) is 0 Å². The third kappa shape index (κ3) is 8.41. The smallest absolute Gasteiger partial charge is 0.427 e. The van der Waals surface area contributed by atoms with E-state index >= 15 is 0 Å². The zero-order valence-electron chi connectivity index (χ0n) is 13.3. The molecule has 0 bridgehead atoms. The summed E-state index contributed by atoms with van der Waals surface area (Å²) in [6.45, 7) is 3.29. The Morgan fingerprint density at radius 1 is 1.35 bits per heavy atom. The van der Waals surface area contributed by atoms with E-state index < -0.39 is 7.12 Å². The van der Waals surface area contributed by atoms with Gasteiger partial charge in [0.15, 0.2) is 0 Å². The highest BCUT2D eigenvalue weighted by molar-refractivity contribution is 7.10. The van der Waals surface area contributed by atoms with E-state index in [4.69, 9.17) is 25.4 Å². The molecule has 2 rings (SSSR count). The van der Waals surface area contributed by atoms with Crippen molar-refractivity contribution in [1.29, 1.82) is 0 Å². The van der Waals surface area contributed by atoms with E-state index in [9.17, 15) is 0 Å². The van der Waals surface area contributed by atoms with Crippen molar-refractivity contribution in [3.63, 3.8) is 0 Å². The van der Waals surface area contributed by atoms with Crippen molar-refractivity contribution in [1.82, 2.24) is 4.90 Å². The van der Waals surface area contributed by atoms with Crippen LogP contribution in [0.2, 0.25) is 6.32 Å². The van der Waals surface area contributed by atoms with Gasteiger partial charge in [0.25, 0.3) is 0 Å². The Bertz CT molecular complexity index is 478. The summed E-state index contributed by atoms with van der Waals surface area (Å²) >= 11 is 1.88. The number of carbonyl (C=O) groups excluding carboxylic acids is 2. The molecule has 2 heterocycles. The van der Waals surface area contributed by atoms with Gasteiger partial charge < -0.3 is 15.8 Å². The van der Waals surface area contributed by atoms with Crippen molar-refractivity contribution >= 4 is 24.6 Å². The lowest BCUT2D eigenvalue weighted by Crippen LogP contribution is -2.34. The van der Waals surface area contributed by atoms with E-state index in [0.29, 0.717) is 6.32 Å². The van der Waals surface area contributed by atoms with Gasteiger partial charge in [0, 0.05) is 24.0 Å². The van der Waals surface area contributed by atoms with Gasteiger partial charge in [0.05, 0.1) is 0 Å². The van der Waals surface area contributed by atoms with Crippen LogP contribution >= 0.6 is 11.3 Å². The minimum atomic E-state index is -1.17. The molecule has 0 fully saturated rings. The summed E-state index contributed by atoms with van der Waals surface area (Å²) in [4.78, 5) is 20.3. The maximum Gasteiger partial charge on any atom is 0.451 e. The number of unbranched alkanes of at least 4 members (excludes halogenated alkanes) is 1. The molecule has 0 aromatic carbocycles. The minimum Gasteiger partial charge on any atom is -0.427 e. The Labute approximate surface area is 141 Å². The van der Waals surface area contributed by atoms with Gasteiger partial charge in [-0.1, -0.05) is 12.8 Å². The number of rotatable bonds is 8. The topological polar surface area (TPSA) is 104 Å². The number of fused-ring (bicyclic) bond motifs is 1.